The second-order valence-electron chi connectivity index (χ2n) is 5.76. The highest BCUT2D eigenvalue weighted by molar-refractivity contribution is 5.99. The first-order valence-corrected chi connectivity index (χ1v) is 7.43. The molecule has 9 nitrogen and oxygen atoms in total. The van der Waals surface area contributed by atoms with Gasteiger partial charge < -0.3 is 9.64 Å². The lowest BCUT2D eigenvalue weighted by Crippen LogP contribution is -2.36. The fraction of sp³-hybridized carbons (Fsp3) is 0.467. The molecule has 0 saturated carbocycles. The Morgan fingerprint density at radius 1 is 1.42 bits per heavy atom. The molecule has 24 heavy (non-hydrogen) atoms. The number of hydrazine groups is 1. The van der Waals surface area contributed by atoms with Crippen molar-refractivity contribution >= 4 is 18.1 Å². The van der Waals surface area contributed by atoms with Crippen molar-refractivity contribution in [2.24, 2.45) is 7.05 Å². The third-order valence-electron chi connectivity index (χ3n) is 3.74. The number of amides is 2. The number of nitrogens with one attached hydrogen (secondary N) is 2. The van der Waals surface area contributed by atoms with Gasteiger partial charge in [0.05, 0.1) is 5.57 Å². The summed E-state index contributed by atoms with van der Waals surface area (Å²) in [5.41, 5.74) is 5.93. The fourth-order valence-electron chi connectivity index (χ4n) is 2.56. The Hall–Kier alpha value is -2.68. The number of aromatic nitrogens is 2. The molecule has 9 heteroatoms. The Labute approximate surface area is 139 Å². The maximum absolute atomic E-state index is 12.4. The first-order chi connectivity index (χ1) is 11.3. The number of hydrogen-bond acceptors (Lipinski definition) is 6. The third-order valence-corrected chi connectivity index (χ3v) is 3.74. The van der Waals surface area contributed by atoms with Gasteiger partial charge in [0.25, 0.3) is 11.8 Å². The van der Waals surface area contributed by atoms with Gasteiger partial charge >= 0.3 is 0 Å². The molecular weight excluding hydrogens is 314 g/mol. The maximum atomic E-state index is 12.4. The van der Waals surface area contributed by atoms with Crippen LogP contribution in [-0.2, 0) is 16.6 Å². The quantitative estimate of drug-likeness (QED) is 0.579. The minimum absolute atomic E-state index is 0.117. The Kier molecular flexibility index (Phi) is 5.03. The van der Waals surface area contributed by atoms with Gasteiger partial charge in [-0.2, -0.15) is 5.10 Å². The predicted octanol–water partition coefficient (Wildman–Crippen LogP) is -0.288. The van der Waals surface area contributed by atoms with Crippen LogP contribution in [0.15, 0.2) is 11.3 Å². The van der Waals surface area contributed by atoms with Crippen molar-refractivity contribution in [1.29, 1.82) is 0 Å². The van der Waals surface area contributed by atoms with Gasteiger partial charge in [-0.1, -0.05) is 6.92 Å². The number of aryl methyl sites for hydroxylation is 1. The van der Waals surface area contributed by atoms with E-state index in [-0.39, 0.29) is 41.0 Å². The number of nitrogens with zero attached hydrogens (tertiary/aromatic N) is 3. The van der Waals surface area contributed by atoms with Crippen molar-refractivity contribution in [1.82, 2.24) is 25.5 Å². The van der Waals surface area contributed by atoms with E-state index in [9.17, 15) is 14.4 Å². The molecule has 1 aliphatic rings. The molecule has 0 spiro atoms. The number of carbonyl (C=O) groups excluding carboxylic acids is 3. The standard InChI is InChI=1S/C15H21N5O4/c1-8-6-9(14(22)17-16-2)10(7-21)24-13-11(8)18-20(5)12(13)15(23)19(3)4/h7-8,16H,6H2,1-5H3,(H,17,22). The van der Waals surface area contributed by atoms with Crippen LogP contribution in [0.3, 0.4) is 0 Å². The molecule has 1 unspecified atom stereocenters. The summed E-state index contributed by atoms with van der Waals surface area (Å²) in [6, 6.07) is 0. The molecule has 130 valence electrons. The van der Waals surface area contributed by atoms with Gasteiger partial charge in [0, 0.05) is 34.1 Å². The molecule has 0 fully saturated rings. The second-order valence-corrected chi connectivity index (χ2v) is 5.76. The largest absolute Gasteiger partial charge is 0.449 e. The van der Waals surface area contributed by atoms with Gasteiger partial charge in [0.15, 0.2) is 23.5 Å². The molecule has 0 saturated heterocycles. The highest BCUT2D eigenvalue weighted by Crippen LogP contribution is 2.38. The molecule has 0 bridgehead atoms. The molecule has 0 aliphatic carbocycles. The Morgan fingerprint density at radius 3 is 2.62 bits per heavy atom. The van der Waals surface area contributed by atoms with Crippen LogP contribution >= 0.6 is 0 Å². The zero-order valence-electron chi connectivity index (χ0n) is 14.3. The molecule has 2 amide bonds. The zero-order chi connectivity index (χ0) is 18.0. The fourth-order valence-corrected chi connectivity index (χ4v) is 2.56. The van der Waals surface area contributed by atoms with Gasteiger partial charge in [-0.25, -0.2) is 5.43 Å². The van der Waals surface area contributed by atoms with E-state index in [0.717, 1.165) is 0 Å². The van der Waals surface area contributed by atoms with Crippen LogP contribution in [0.2, 0.25) is 0 Å². The van der Waals surface area contributed by atoms with E-state index in [0.29, 0.717) is 12.0 Å². The molecule has 1 aromatic heterocycles. The van der Waals surface area contributed by atoms with Crippen LogP contribution in [0.5, 0.6) is 5.75 Å². The average molecular weight is 335 g/mol. The van der Waals surface area contributed by atoms with E-state index < -0.39 is 5.91 Å². The van der Waals surface area contributed by atoms with Crippen LogP contribution in [-0.4, -0.2) is 53.9 Å². The molecule has 1 aliphatic heterocycles. The Morgan fingerprint density at radius 2 is 2.08 bits per heavy atom. The Balaban J connectivity index is 2.58. The number of ether oxygens (including phenoxy) is 1. The van der Waals surface area contributed by atoms with Crippen molar-refractivity contribution in [3.05, 3.63) is 22.7 Å². The third kappa shape index (κ3) is 3.02. The average Bonchev–Trinajstić information content (AvgIpc) is 2.78. The summed E-state index contributed by atoms with van der Waals surface area (Å²) >= 11 is 0. The van der Waals surface area contributed by atoms with Gasteiger partial charge in [0.2, 0.25) is 0 Å². The van der Waals surface area contributed by atoms with Gasteiger partial charge in [-0.15, -0.1) is 0 Å². The highest BCUT2D eigenvalue weighted by atomic mass is 16.5. The van der Waals surface area contributed by atoms with Gasteiger partial charge in [0.1, 0.15) is 5.69 Å². The van der Waals surface area contributed by atoms with E-state index in [2.05, 4.69) is 16.0 Å². The summed E-state index contributed by atoms with van der Waals surface area (Å²) in [4.78, 5) is 37.4. The lowest BCUT2D eigenvalue weighted by molar-refractivity contribution is -0.119. The van der Waals surface area contributed by atoms with E-state index in [1.807, 2.05) is 6.92 Å². The van der Waals surface area contributed by atoms with Crippen molar-refractivity contribution in [2.75, 3.05) is 21.1 Å². The van der Waals surface area contributed by atoms with E-state index >= 15 is 0 Å². The van der Waals surface area contributed by atoms with Crippen LogP contribution in [0.25, 0.3) is 0 Å². The number of fused-ring (bicyclic) bond motifs is 1. The molecule has 2 rings (SSSR count). The summed E-state index contributed by atoms with van der Waals surface area (Å²) in [7, 11) is 6.42. The van der Waals surface area contributed by atoms with E-state index in [1.54, 1.807) is 28.2 Å². The number of hydrogen-bond donors (Lipinski definition) is 2. The summed E-state index contributed by atoms with van der Waals surface area (Å²) in [5, 5.41) is 4.36. The minimum Gasteiger partial charge on any atom is -0.449 e. The lowest BCUT2D eigenvalue weighted by Gasteiger charge is -2.13. The zero-order valence-corrected chi connectivity index (χ0v) is 14.3. The smallest absolute Gasteiger partial charge is 0.275 e. The van der Waals surface area contributed by atoms with Crippen LogP contribution in [0.4, 0.5) is 0 Å². The second kappa shape index (κ2) is 6.83. The first kappa shape index (κ1) is 17.7. The summed E-state index contributed by atoms with van der Waals surface area (Å²) < 4.78 is 7.11. The lowest BCUT2D eigenvalue weighted by atomic mass is 9.97. The van der Waals surface area contributed by atoms with Crippen molar-refractivity contribution in [3.63, 3.8) is 0 Å². The molecular formula is C15H21N5O4. The van der Waals surface area contributed by atoms with Gasteiger partial charge in [-0.3, -0.25) is 24.5 Å². The summed E-state index contributed by atoms with van der Waals surface area (Å²) in [5.74, 6) is -0.856. The number of aldehydes is 1. The van der Waals surface area contributed by atoms with Crippen molar-refractivity contribution in [2.45, 2.75) is 19.3 Å². The number of allylic oxidation sites excluding steroid dienone is 1. The highest BCUT2D eigenvalue weighted by Gasteiger charge is 2.33. The normalized spacial score (nSPS) is 16.8. The van der Waals surface area contributed by atoms with Crippen LogP contribution in [0, 0.1) is 0 Å². The van der Waals surface area contributed by atoms with Gasteiger partial charge in [-0.05, 0) is 6.42 Å². The molecule has 1 aromatic rings. The molecule has 1 atom stereocenters. The van der Waals surface area contributed by atoms with Crippen molar-refractivity contribution in [3.8, 4) is 5.75 Å². The van der Waals surface area contributed by atoms with Crippen molar-refractivity contribution < 1.29 is 19.1 Å². The summed E-state index contributed by atoms with van der Waals surface area (Å²) in [6.45, 7) is 1.86. The molecule has 2 heterocycles. The Bertz CT molecular complexity index is 720. The topological polar surface area (TPSA) is 106 Å². The first-order valence-electron chi connectivity index (χ1n) is 7.43. The van der Waals surface area contributed by atoms with E-state index in [4.69, 9.17) is 4.74 Å². The minimum atomic E-state index is -0.457. The summed E-state index contributed by atoms with van der Waals surface area (Å²) in [6.07, 6.45) is 0.741. The molecule has 0 aromatic carbocycles. The number of rotatable bonds is 4. The monoisotopic (exact) mass is 335 g/mol. The number of carbonyl (C=O) groups is 3. The van der Waals surface area contributed by atoms with Crippen LogP contribution < -0.4 is 15.6 Å². The molecule has 0 radical (unpaired) electrons. The predicted molar refractivity (Wildman–Crippen MR) is 85.2 cm³/mol. The van der Waals surface area contributed by atoms with E-state index in [1.165, 1.54) is 9.58 Å². The van der Waals surface area contributed by atoms with Crippen LogP contribution in [0.1, 0.15) is 35.4 Å². The molecule has 2 N–H and O–H groups in total. The maximum Gasteiger partial charge on any atom is 0.275 e. The SMILES string of the molecule is CNNC(=O)C1=C(C=O)Oc2c(nn(C)c2C(=O)N(C)C)C(C)C1.